The van der Waals surface area contributed by atoms with E-state index in [-0.39, 0.29) is 0 Å². The SMILES string of the molecule is CN(C)CCNc1cnnc(N2CCN(C=O)CC2)n1. The van der Waals surface area contributed by atoms with Crippen LogP contribution in [0, 0.1) is 0 Å². The number of likely N-dealkylation sites (N-methyl/N-ethyl adjacent to an activating group) is 1. The highest BCUT2D eigenvalue weighted by molar-refractivity contribution is 5.48. The minimum absolute atomic E-state index is 0.616. The van der Waals surface area contributed by atoms with Crippen molar-refractivity contribution < 1.29 is 4.79 Å². The van der Waals surface area contributed by atoms with Gasteiger partial charge in [-0.1, -0.05) is 0 Å². The zero-order valence-corrected chi connectivity index (χ0v) is 12.0. The van der Waals surface area contributed by atoms with Crippen molar-refractivity contribution >= 4 is 18.2 Å². The molecule has 20 heavy (non-hydrogen) atoms. The second-order valence-corrected chi connectivity index (χ2v) is 5.00. The molecule has 1 aromatic rings. The van der Waals surface area contributed by atoms with Crippen LogP contribution in [-0.2, 0) is 4.79 Å². The van der Waals surface area contributed by atoms with E-state index in [1.165, 1.54) is 0 Å². The predicted molar refractivity (Wildman–Crippen MR) is 76.7 cm³/mol. The van der Waals surface area contributed by atoms with Crippen molar-refractivity contribution in [1.29, 1.82) is 0 Å². The molecule has 110 valence electrons. The molecule has 0 aliphatic carbocycles. The number of hydrogen-bond acceptors (Lipinski definition) is 7. The van der Waals surface area contributed by atoms with Gasteiger partial charge in [0.15, 0.2) is 5.82 Å². The first-order chi connectivity index (χ1) is 9.69. The first kappa shape index (κ1) is 14.4. The van der Waals surface area contributed by atoms with Crippen molar-refractivity contribution in [1.82, 2.24) is 25.0 Å². The molecule has 0 radical (unpaired) electrons. The molecule has 1 aromatic heterocycles. The third kappa shape index (κ3) is 4.02. The standard InChI is InChI=1S/C12H21N7O/c1-17(2)4-3-13-11-9-14-16-12(15-11)19-7-5-18(10-20)6-8-19/h9-10H,3-8H2,1-2H3,(H,13,15,16). The fraction of sp³-hybridized carbons (Fsp3) is 0.667. The Morgan fingerprint density at radius 3 is 2.75 bits per heavy atom. The van der Waals surface area contributed by atoms with E-state index in [2.05, 4.69) is 25.4 Å². The van der Waals surface area contributed by atoms with E-state index in [0.29, 0.717) is 19.0 Å². The van der Waals surface area contributed by atoms with E-state index in [1.54, 1.807) is 11.1 Å². The first-order valence-corrected chi connectivity index (χ1v) is 6.71. The lowest BCUT2D eigenvalue weighted by molar-refractivity contribution is -0.118. The Morgan fingerprint density at radius 2 is 2.10 bits per heavy atom. The molecule has 1 saturated heterocycles. The Morgan fingerprint density at radius 1 is 1.35 bits per heavy atom. The lowest BCUT2D eigenvalue weighted by Gasteiger charge is -2.32. The maximum atomic E-state index is 10.7. The largest absolute Gasteiger partial charge is 0.367 e. The van der Waals surface area contributed by atoms with Gasteiger partial charge in [-0.25, -0.2) is 0 Å². The minimum Gasteiger partial charge on any atom is -0.367 e. The van der Waals surface area contributed by atoms with Crippen LogP contribution in [0.5, 0.6) is 0 Å². The van der Waals surface area contributed by atoms with E-state index in [1.807, 2.05) is 19.0 Å². The molecule has 0 unspecified atom stereocenters. The summed E-state index contributed by atoms with van der Waals surface area (Å²) in [6.07, 6.45) is 2.51. The van der Waals surface area contributed by atoms with E-state index < -0.39 is 0 Å². The van der Waals surface area contributed by atoms with Crippen LogP contribution in [0.4, 0.5) is 11.8 Å². The number of rotatable bonds is 6. The molecule has 1 fully saturated rings. The Labute approximate surface area is 118 Å². The van der Waals surface area contributed by atoms with E-state index in [9.17, 15) is 4.79 Å². The molecule has 2 heterocycles. The highest BCUT2D eigenvalue weighted by Gasteiger charge is 2.18. The summed E-state index contributed by atoms with van der Waals surface area (Å²) in [7, 11) is 4.05. The van der Waals surface area contributed by atoms with Crippen LogP contribution in [0.15, 0.2) is 6.20 Å². The van der Waals surface area contributed by atoms with Crippen LogP contribution in [0.3, 0.4) is 0 Å². The smallest absolute Gasteiger partial charge is 0.247 e. The maximum Gasteiger partial charge on any atom is 0.247 e. The summed E-state index contributed by atoms with van der Waals surface area (Å²) in [6.45, 7) is 4.61. The predicted octanol–water partition coefficient (Wildman–Crippen LogP) is -0.876. The molecule has 0 saturated carbocycles. The molecule has 0 spiro atoms. The number of nitrogens with zero attached hydrogens (tertiary/aromatic N) is 6. The Hall–Kier alpha value is -1.96. The third-order valence-electron chi connectivity index (χ3n) is 3.16. The van der Waals surface area contributed by atoms with Gasteiger partial charge in [0.2, 0.25) is 12.4 Å². The number of amides is 1. The summed E-state index contributed by atoms with van der Waals surface area (Å²) in [4.78, 5) is 21.0. The normalized spacial score (nSPS) is 15.6. The van der Waals surface area contributed by atoms with Gasteiger partial charge in [0.1, 0.15) is 0 Å². The molecule has 1 amide bonds. The summed E-state index contributed by atoms with van der Waals surface area (Å²) >= 11 is 0. The quantitative estimate of drug-likeness (QED) is 0.678. The van der Waals surface area contributed by atoms with Crippen molar-refractivity contribution in [2.45, 2.75) is 0 Å². The first-order valence-electron chi connectivity index (χ1n) is 6.71. The van der Waals surface area contributed by atoms with Crippen LogP contribution >= 0.6 is 0 Å². The van der Waals surface area contributed by atoms with Gasteiger partial charge in [-0.2, -0.15) is 10.1 Å². The number of nitrogens with one attached hydrogen (secondary N) is 1. The fourth-order valence-corrected chi connectivity index (χ4v) is 1.95. The minimum atomic E-state index is 0.616. The molecule has 1 aliphatic rings. The molecular weight excluding hydrogens is 258 g/mol. The Bertz CT molecular complexity index is 432. The molecular formula is C12H21N7O. The number of piperazine rings is 1. The number of aromatic nitrogens is 3. The van der Waals surface area contributed by atoms with Crippen molar-refractivity contribution in [3.63, 3.8) is 0 Å². The number of carbonyl (C=O) groups excluding carboxylic acids is 1. The Kier molecular flexibility index (Phi) is 5.05. The van der Waals surface area contributed by atoms with E-state index >= 15 is 0 Å². The van der Waals surface area contributed by atoms with E-state index in [0.717, 1.165) is 38.4 Å². The number of carbonyl (C=O) groups is 1. The lowest BCUT2D eigenvalue weighted by atomic mass is 10.3. The van der Waals surface area contributed by atoms with Gasteiger partial charge in [0.05, 0.1) is 6.20 Å². The number of anilines is 2. The van der Waals surface area contributed by atoms with Crippen molar-refractivity contribution in [2.24, 2.45) is 0 Å². The summed E-state index contributed by atoms with van der Waals surface area (Å²) in [5, 5.41) is 11.3. The average molecular weight is 279 g/mol. The lowest BCUT2D eigenvalue weighted by Crippen LogP contribution is -2.46. The monoisotopic (exact) mass is 279 g/mol. The van der Waals surface area contributed by atoms with Crippen LogP contribution in [-0.4, -0.2) is 84.8 Å². The average Bonchev–Trinajstić information content (AvgIpc) is 2.47. The van der Waals surface area contributed by atoms with Gasteiger partial charge < -0.3 is 20.0 Å². The highest BCUT2D eigenvalue weighted by atomic mass is 16.1. The molecule has 8 heteroatoms. The molecule has 0 aromatic carbocycles. The second kappa shape index (κ2) is 6.99. The van der Waals surface area contributed by atoms with Crippen molar-refractivity contribution in [3.05, 3.63) is 6.20 Å². The fourth-order valence-electron chi connectivity index (χ4n) is 1.95. The zero-order chi connectivity index (χ0) is 14.4. The zero-order valence-electron chi connectivity index (χ0n) is 12.0. The highest BCUT2D eigenvalue weighted by Crippen LogP contribution is 2.11. The van der Waals surface area contributed by atoms with E-state index in [4.69, 9.17) is 0 Å². The summed E-state index contributed by atoms with van der Waals surface area (Å²) in [5.74, 6) is 1.35. The third-order valence-corrected chi connectivity index (χ3v) is 3.16. The van der Waals surface area contributed by atoms with Crippen LogP contribution in [0.25, 0.3) is 0 Å². The molecule has 1 aliphatic heterocycles. The maximum absolute atomic E-state index is 10.7. The van der Waals surface area contributed by atoms with Gasteiger partial charge in [-0.05, 0) is 14.1 Å². The molecule has 2 rings (SSSR count). The second-order valence-electron chi connectivity index (χ2n) is 5.00. The van der Waals surface area contributed by atoms with Gasteiger partial charge in [0, 0.05) is 39.3 Å². The van der Waals surface area contributed by atoms with Gasteiger partial charge in [-0.3, -0.25) is 4.79 Å². The summed E-state index contributed by atoms with van der Waals surface area (Å²) in [6, 6.07) is 0. The van der Waals surface area contributed by atoms with Crippen LogP contribution in [0.2, 0.25) is 0 Å². The molecule has 8 nitrogen and oxygen atoms in total. The summed E-state index contributed by atoms with van der Waals surface area (Å²) in [5.41, 5.74) is 0. The van der Waals surface area contributed by atoms with Crippen molar-refractivity contribution in [2.75, 3.05) is 63.6 Å². The Balaban J connectivity index is 1.90. The van der Waals surface area contributed by atoms with Crippen LogP contribution in [0.1, 0.15) is 0 Å². The van der Waals surface area contributed by atoms with Crippen molar-refractivity contribution in [3.8, 4) is 0 Å². The molecule has 1 N–H and O–H groups in total. The van der Waals surface area contributed by atoms with Gasteiger partial charge >= 0.3 is 0 Å². The molecule has 0 atom stereocenters. The van der Waals surface area contributed by atoms with Gasteiger partial charge in [0.25, 0.3) is 0 Å². The van der Waals surface area contributed by atoms with Gasteiger partial charge in [-0.15, -0.1) is 5.10 Å². The topological polar surface area (TPSA) is 77.5 Å². The number of hydrogen-bond donors (Lipinski definition) is 1. The van der Waals surface area contributed by atoms with Crippen LogP contribution < -0.4 is 10.2 Å². The summed E-state index contributed by atoms with van der Waals surface area (Å²) < 4.78 is 0. The molecule has 0 bridgehead atoms.